The molecule has 0 saturated carbocycles. The summed E-state index contributed by atoms with van der Waals surface area (Å²) < 4.78 is 8.74. The molecule has 0 amide bonds. The fourth-order valence-electron chi connectivity index (χ4n) is 2.34. The molecule has 3 heterocycles. The number of rotatable bonds is 4. The zero-order valence-corrected chi connectivity index (χ0v) is 13.5. The lowest BCUT2D eigenvalue weighted by Crippen LogP contribution is -1.97. The average molecular weight is 326 g/mol. The first-order valence-corrected chi connectivity index (χ1v) is 7.87. The van der Waals surface area contributed by atoms with E-state index < -0.39 is 0 Å². The number of benzene rings is 1. The average Bonchev–Trinajstić information content (AvgIpc) is 3.25. The molecule has 8 heteroatoms. The minimum atomic E-state index is 0.668. The Morgan fingerprint density at radius 1 is 1.17 bits per heavy atom. The standard InChI is InChI=1S/C15H14N6OS/c1-20-9-11(8-16-20)14-19-21-13(17-18-15(21)23-14)7-10-3-5-12(22-2)6-4-10/h3-6,8-9H,7H2,1-2H3. The van der Waals surface area contributed by atoms with Gasteiger partial charge in [0.25, 0.3) is 0 Å². The predicted molar refractivity (Wildman–Crippen MR) is 86.7 cm³/mol. The first-order valence-electron chi connectivity index (χ1n) is 7.06. The number of hydrogen-bond acceptors (Lipinski definition) is 6. The lowest BCUT2D eigenvalue weighted by atomic mass is 10.1. The third-order valence-electron chi connectivity index (χ3n) is 3.53. The highest BCUT2D eigenvalue weighted by atomic mass is 32.1. The summed E-state index contributed by atoms with van der Waals surface area (Å²) in [7, 11) is 3.55. The summed E-state index contributed by atoms with van der Waals surface area (Å²) in [6.45, 7) is 0. The van der Waals surface area contributed by atoms with E-state index in [2.05, 4.69) is 20.4 Å². The van der Waals surface area contributed by atoms with Crippen LogP contribution >= 0.6 is 11.3 Å². The minimum absolute atomic E-state index is 0.668. The van der Waals surface area contributed by atoms with Crippen LogP contribution in [-0.2, 0) is 13.5 Å². The summed E-state index contributed by atoms with van der Waals surface area (Å²) >= 11 is 1.51. The van der Waals surface area contributed by atoms with Gasteiger partial charge >= 0.3 is 0 Å². The maximum Gasteiger partial charge on any atom is 0.234 e. The molecule has 4 rings (SSSR count). The summed E-state index contributed by atoms with van der Waals surface area (Å²) in [5, 5.41) is 18.1. The highest BCUT2D eigenvalue weighted by molar-refractivity contribution is 7.19. The second-order valence-corrected chi connectivity index (χ2v) is 6.10. The van der Waals surface area contributed by atoms with Crippen LogP contribution in [0.15, 0.2) is 36.7 Å². The zero-order chi connectivity index (χ0) is 15.8. The van der Waals surface area contributed by atoms with Crippen molar-refractivity contribution in [3.63, 3.8) is 0 Å². The Morgan fingerprint density at radius 2 is 2.00 bits per heavy atom. The molecular weight excluding hydrogens is 312 g/mol. The molecule has 0 saturated heterocycles. The number of ether oxygens (including phenoxy) is 1. The molecule has 0 aliphatic rings. The summed E-state index contributed by atoms with van der Waals surface area (Å²) in [5.74, 6) is 1.66. The van der Waals surface area contributed by atoms with Crippen molar-refractivity contribution >= 4 is 16.3 Å². The van der Waals surface area contributed by atoms with E-state index in [1.54, 1.807) is 22.5 Å². The number of hydrogen-bond donors (Lipinski definition) is 0. The van der Waals surface area contributed by atoms with Crippen LogP contribution in [0.4, 0.5) is 0 Å². The van der Waals surface area contributed by atoms with Gasteiger partial charge in [0, 0.05) is 19.7 Å². The molecule has 0 N–H and O–H groups in total. The van der Waals surface area contributed by atoms with Crippen LogP contribution in [0.3, 0.4) is 0 Å². The quantitative estimate of drug-likeness (QED) is 0.575. The van der Waals surface area contributed by atoms with E-state index in [-0.39, 0.29) is 0 Å². The Morgan fingerprint density at radius 3 is 2.70 bits per heavy atom. The molecule has 1 aromatic carbocycles. The molecule has 0 aliphatic heterocycles. The highest BCUT2D eigenvalue weighted by Gasteiger charge is 2.14. The molecule has 0 unspecified atom stereocenters. The predicted octanol–water partition coefficient (Wildman–Crippen LogP) is 2.19. The van der Waals surface area contributed by atoms with Crippen LogP contribution in [0, 0.1) is 0 Å². The molecule has 7 nitrogen and oxygen atoms in total. The minimum Gasteiger partial charge on any atom is -0.497 e. The summed E-state index contributed by atoms with van der Waals surface area (Å²) in [4.78, 5) is 0.785. The molecule has 3 aromatic heterocycles. The van der Waals surface area contributed by atoms with E-state index in [0.29, 0.717) is 6.42 Å². The SMILES string of the molecule is COc1ccc(Cc2nnc3sc(-c4cnn(C)c4)nn23)cc1. The molecule has 0 spiro atoms. The van der Waals surface area contributed by atoms with E-state index >= 15 is 0 Å². The van der Waals surface area contributed by atoms with Gasteiger partial charge in [0.15, 0.2) is 10.8 Å². The normalized spacial score (nSPS) is 11.2. The Labute approximate surface area is 136 Å². The summed E-state index contributed by atoms with van der Waals surface area (Å²) in [6.07, 6.45) is 4.41. The first kappa shape index (κ1) is 13.9. The fraction of sp³-hybridized carbons (Fsp3) is 0.200. The third-order valence-corrected chi connectivity index (χ3v) is 4.48. The van der Waals surface area contributed by atoms with Crippen LogP contribution in [0.2, 0.25) is 0 Å². The van der Waals surface area contributed by atoms with Crippen molar-refractivity contribution in [2.24, 2.45) is 7.05 Å². The van der Waals surface area contributed by atoms with Gasteiger partial charge in [-0.25, -0.2) is 0 Å². The van der Waals surface area contributed by atoms with Gasteiger partial charge in [-0.2, -0.15) is 14.7 Å². The van der Waals surface area contributed by atoms with Crippen LogP contribution < -0.4 is 4.74 Å². The van der Waals surface area contributed by atoms with Crippen LogP contribution in [0.1, 0.15) is 11.4 Å². The molecule has 0 atom stereocenters. The summed E-state index contributed by atoms with van der Waals surface area (Å²) in [5.41, 5.74) is 2.12. The van der Waals surface area contributed by atoms with E-state index in [0.717, 1.165) is 32.7 Å². The number of fused-ring (bicyclic) bond motifs is 1. The van der Waals surface area contributed by atoms with Gasteiger partial charge in [-0.05, 0) is 17.7 Å². The van der Waals surface area contributed by atoms with Crippen molar-refractivity contribution in [1.29, 1.82) is 0 Å². The molecule has 0 bridgehead atoms. The largest absolute Gasteiger partial charge is 0.497 e. The van der Waals surface area contributed by atoms with Crippen molar-refractivity contribution in [3.05, 3.63) is 48.0 Å². The highest BCUT2D eigenvalue weighted by Crippen LogP contribution is 2.25. The third kappa shape index (κ3) is 2.57. The van der Waals surface area contributed by atoms with E-state index in [9.17, 15) is 0 Å². The van der Waals surface area contributed by atoms with E-state index in [4.69, 9.17) is 4.74 Å². The molecule has 0 aliphatic carbocycles. The molecule has 0 fully saturated rings. The molecule has 116 valence electrons. The second kappa shape index (κ2) is 5.47. The van der Waals surface area contributed by atoms with Crippen molar-refractivity contribution in [3.8, 4) is 16.3 Å². The lowest BCUT2D eigenvalue weighted by Gasteiger charge is -2.01. The van der Waals surface area contributed by atoms with Crippen molar-refractivity contribution in [1.82, 2.24) is 29.6 Å². The Bertz CT molecular complexity index is 952. The molecule has 23 heavy (non-hydrogen) atoms. The first-order chi connectivity index (χ1) is 11.2. The van der Waals surface area contributed by atoms with Gasteiger partial charge in [-0.1, -0.05) is 23.5 Å². The number of nitrogens with zero attached hydrogens (tertiary/aromatic N) is 6. The maximum absolute atomic E-state index is 5.18. The van der Waals surface area contributed by atoms with Gasteiger partial charge in [-0.3, -0.25) is 4.68 Å². The Kier molecular flexibility index (Phi) is 3.30. The lowest BCUT2D eigenvalue weighted by molar-refractivity contribution is 0.414. The van der Waals surface area contributed by atoms with Gasteiger partial charge in [0.1, 0.15) is 5.75 Å². The number of aromatic nitrogens is 6. The summed E-state index contributed by atoms with van der Waals surface area (Å²) in [6, 6.07) is 7.92. The Hall–Kier alpha value is -2.74. The zero-order valence-electron chi connectivity index (χ0n) is 12.7. The maximum atomic E-state index is 5.18. The van der Waals surface area contributed by atoms with E-state index in [1.807, 2.05) is 37.5 Å². The smallest absolute Gasteiger partial charge is 0.234 e. The van der Waals surface area contributed by atoms with Crippen molar-refractivity contribution in [2.45, 2.75) is 6.42 Å². The van der Waals surface area contributed by atoms with Crippen molar-refractivity contribution < 1.29 is 4.74 Å². The van der Waals surface area contributed by atoms with Gasteiger partial charge in [-0.15, -0.1) is 10.2 Å². The van der Waals surface area contributed by atoms with Gasteiger partial charge < -0.3 is 4.74 Å². The van der Waals surface area contributed by atoms with Crippen LogP contribution in [0.5, 0.6) is 5.75 Å². The van der Waals surface area contributed by atoms with Gasteiger partial charge in [0.05, 0.1) is 18.9 Å². The number of aryl methyl sites for hydroxylation is 1. The molecule has 0 radical (unpaired) electrons. The topological polar surface area (TPSA) is 70.1 Å². The van der Waals surface area contributed by atoms with E-state index in [1.165, 1.54) is 11.3 Å². The fourth-order valence-corrected chi connectivity index (χ4v) is 3.17. The number of methoxy groups -OCH3 is 1. The van der Waals surface area contributed by atoms with Crippen LogP contribution in [-0.4, -0.2) is 36.7 Å². The monoisotopic (exact) mass is 326 g/mol. The second-order valence-electron chi connectivity index (χ2n) is 5.15. The Balaban J connectivity index is 1.66. The molecule has 4 aromatic rings. The molecular formula is C15H14N6OS. The van der Waals surface area contributed by atoms with Crippen LogP contribution in [0.25, 0.3) is 15.5 Å². The van der Waals surface area contributed by atoms with Crippen molar-refractivity contribution in [2.75, 3.05) is 7.11 Å². The van der Waals surface area contributed by atoms with Gasteiger partial charge in [0.2, 0.25) is 4.96 Å².